The van der Waals surface area contributed by atoms with Gasteiger partial charge in [-0.3, -0.25) is 14.6 Å². The first-order chi connectivity index (χ1) is 15.1. The summed E-state index contributed by atoms with van der Waals surface area (Å²) < 4.78 is 0. The van der Waals surface area contributed by atoms with E-state index in [1.165, 1.54) is 16.5 Å². The maximum absolute atomic E-state index is 13.3. The number of nitrogens with zero attached hydrogens (tertiary/aromatic N) is 1. The molecular weight excluding hydrogens is 386 g/mol. The van der Waals surface area contributed by atoms with Gasteiger partial charge in [-0.2, -0.15) is 0 Å². The molecular formula is C26H21N3O2. The highest BCUT2D eigenvalue weighted by Crippen LogP contribution is 2.35. The van der Waals surface area contributed by atoms with Gasteiger partial charge in [0.1, 0.15) is 0 Å². The quantitative estimate of drug-likeness (QED) is 0.492. The van der Waals surface area contributed by atoms with Crippen LogP contribution in [0.3, 0.4) is 0 Å². The van der Waals surface area contributed by atoms with Crippen molar-refractivity contribution in [1.29, 1.82) is 0 Å². The van der Waals surface area contributed by atoms with Crippen LogP contribution in [0.5, 0.6) is 0 Å². The van der Waals surface area contributed by atoms with Crippen LogP contribution in [0.1, 0.15) is 37.4 Å². The molecule has 5 nitrogen and oxygen atoms in total. The molecule has 0 aliphatic heterocycles. The van der Waals surface area contributed by atoms with Gasteiger partial charge in [0.2, 0.25) is 0 Å². The molecule has 1 heterocycles. The topological polar surface area (TPSA) is 71.1 Å². The SMILES string of the molecule is Cc1cccc(C(=O)Nc2ccc3c4c(cccc24)CC3)c1NC(=O)c1ccncc1. The Morgan fingerprint density at radius 1 is 0.806 bits per heavy atom. The maximum Gasteiger partial charge on any atom is 0.257 e. The molecule has 1 aromatic heterocycles. The zero-order chi connectivity index (χ0) is 21.4. The molecule has 0 atom stereocenters. The zero-order valence-corrected chi connectivity index (χ0v) is 17.1. The van der Waals surface area contributed by atoms with Gasteiger partial charge >= 0.3 is 0 Å². The second-order valence-electron chi connectivity index (χ2n) is 7.75. The standard InChI is InChI=1S/C26H21N3O2/c1-16-4-2-7-21(24(16)29-25(30)19-12-14-27-15-13-19)26(31)28-22-11-10-18-9-8-17-5-3-6-20(22)23(17)18/h2-7,10-15H,8-9H2,1H3,(H,28,31)(H,29,30). The van der Waals surface area contributed by atoms with Gasteiger partial charge in [-0.15, -0.1) is 0 Å². The van der Waals surface area contributed by atoms with Crippen molar-refractivity contribution in [2.24, 2.45) is 0 Å². The van der Waals surface area contributed by atoms with Crippen LogP contribution < -0.4 is 10.6 Å². The third-order valence-electron chi connectivity index (χ3n) is 5.82. The summed E-state index contributed by atoms with van der Waals surface area (Å²) in [5.74, 6) is -0.538. The molecule has 0 spiro atoms. The van der Waals surface area contributed by atoms with Crippen LogP contribution >= 0.6 is 0 Å². The molecule has 0 radical (unpaired) electrons. The van der Waals surface area contributed by atoms with E-state index in [9.17, 15) is 9.59 Å². The van der Waals surface area contributed by atoms with Gasteiger partial charge in [0, 0.05) is 29.0 Å². The van der Waals surface area contributed by atoms with Gasteiger partial charge in [0.25, 0.3) is 11.8 Å². The summed E-state index contributed by atoms with van der Waals surface area (Å²) in [4.78, 5) is 29.9. The second-order valence-corrected chi connectivity index (χ2v) is 7.75. The van der Waals surface area contributed by atoms with Gasteiger partial charge in [-0.25, -0.2) is 0 Å². The summed E-state index contributed by atoms with van der Waals surface area (Å²) in [5.41, 5.74) is 5.65. The number of aryl methyl sites for hydroxylation is 3. The van der Waals surface area contributed by atoms with Gasteiger partial charge in [0.05, 0.1) is 11.3 Å². The molecule has 5 heteroatoms. The maximum atomic E-state index is 13.3. The minimum absolute atomic E-state index is 0.257. The van der Waals surface area contributed by atoms with E-state index in [0.29, 0.717) is 16.8 Å². The number of anilines is 2. The van der Waals surface area contributed by atoms with Crippen molar-refractivity contribution < 1.29 is 9.59 Å². The lowest BCUT2D eigenvalue weighted by molar-refractivity contribution is 0.102. The number of para-hydroxylation sites is 1. The van der Waals surface area contributed by atoms with Crippen LogP contribution in [0.2, 0.25) is 0 Å². The third-order valence-corrected chi connectivity index (χ3v) is 5.82. The van der Waals surface area contributed by atoms with E-state index in [4.69, 9.17) is 0 Å². The average Bonchev–Trinajstić information content (AvgIpc) is 3.22. The number of rotatable bonds is 4. The largest absolute Gasteiger partial charge is 0.321 e. The number of amides is 2. The van der Waals surface area contributed by atoms with E-state index in [1.807, 2.05) is 37.3 Å². The minimum Gasteiger partial charge on any atom is -0.321 e. The monoisotopic (exact) mass is 407 g/mol. The third kappa shape index (κ3) is 3.44. The molecule has 3 aromatic carbocycles. The van der Waals surface area contributed by atoms with Crippen LogP contribution in [0.15, 0.2) is 73.1 Å². The molecule has 5 rings (SSSR count). The van der Waals surface area contributed by atoms with E-state index in [2.05, 4.69) is 27.8 Å². The van der Waals surface area contributed by atoms with E-state index in [1.54, 1.807) is 30.6 Å². The Kier molecular flexibility index (Phi) is 4.71. The Morgan fingerprint density at radius 2 is 1.55 bits per heavy atom. The van der Waals surface area contributed by atoms with Gasteiger partial charge in [0.15, 0.2) is 0 Å². The minimum atomic E-state index is -0.281. The molecule has 2 N–H and O–H groups in total. The summed E-state index contributed by atoms with van der Waals surface area (Å²) >= 11 is 0. The molecule has 1 aliphatic carbocycles. The Bertz CT molecular complexity index is 1320. The van der Waals surface area contributed by atoms with E-state index < -0.39 is 0 Å². The van der Waals surface area contributed by atoms with Crippen molar-refractivity contribution in [1.82, 2.24) is 4.98 Å². The molecule has 4 aromatic rings. The smallest absolute Gasteiger partial charge is 0.257 e. The fourth-order valence-electron chi connectivity index (χ4n) is 4.26. The molecule has 0 saturated heterocycles. The molecule has 0 unspecified atom stereocenters. The Labute approximate surface area is 180 Å². The molecule has 31 heavy (non-hydrogen) atoms. The molecule has 0 fully saturated rings. The van der Waals surface area contributed by atoms with Crippen LogP contribution in [0.25, 0.3) is 10.8 Å². The van der Waals surface area contributed by atoms with E-state index >= 15 is 0 Å². The fourth-order valence-corrected chi connectivity index (χ4v) is 4.26. The number of aromatic nitrogens is 1. The summed E-state index contributed by atoms with van der Waals surface area (Å²) in [7, 11) is 0. The van der Waals surface area contributed by atoms with Crippen molar-refractivity contribution >= 4 is 34.0 Å². The summed E-state index contributed by atoms with van der Waals surface area (Å²) in [6.07, 6.45) is 5.20. The number of pyridine rings is 1. The number of carbonyl (C=O) groups is 2. The van der Waals surface area contributed by atoms with Gasteiger partial charge in [-0.1, -0.05) is 36.4 Å². The Hall–Kier alpha value is -3.99. The molecule has 0 bridgehead atoms. The van der Waals surface area contributed by atoms with Crippen molar-refractivity contribution in [2.45, 2.75) is 19.8 Å². The van der Waals surface area contributed by atoms with E-state index in [0.717, 1.165) is 29.5 Å². The summed E-state index contributed by atoms with van der Waals surface area (Å²) in [5, 5.41) is 8.26. The predicted octanol–water partition coefficient (Wildman–Crippen LogP) is 5.15. The highest BCUT2D eigenvalue weighted by Gasteiger charge is 2.20. The number of hydrogen-bond acceptors (Lipinski definition) is 3. The molecule has 0 saturated carbocycles. The van der Waals surface area contributed by atoms with Crippen molar-refractivity contribution in [2.75, 3.05) is 10.6 Å². The normalized spacial score (nSPS) is 12.0. The van der Waals surface area contributed by atoms with Gasteiger partial charge < -0.3 is 10.6 Å². The van der Waals surface area contributed by atoms with Crippen LogP contribution in [-0.4, -0.2) is 16.8 Å². The Morgan fingerprint density at radius 3 is 2.35 bits per heavy atom. The van der Waals surface area contributed by atoms with Crippen LogP contribution in [0, 0.1) is 6.92 Å². The van der Waals surface area contributed by atoms with Gasteiger partial charge in [-0.05, 0) is 66.1 Å². The van der Waals surface area contributed by atoms with Crippen molar-refractivity contribution in [3.05, 3.63) is 101 Å². The summed E-state index contributed by atoms with van der Waals surface area (Å²) in [6, 6.07) is 19.0. The van der Waals surface area contributed by atoms with Crippen LogP contribution in [-0.2, 0) is 12.8 Å². The summed E-state index contributed by atoms with van der Waals surface area (Å²) in [6.45, 7) is 1.87. The second kappa shape index (κ2) is 7.69. The number of nitrogens with one attached hydrogen (secondary N) is 2. The Balaban J connectivity index is 1.48. The molecule has 1 aliphatic rings. The first-order valence-electron chi connectivity index (χ1n) is 10.3. The average molecular weight is 407 g/mol. The number of benzene rings is 3. The lowest BCUT2D eigenvalue weighted by Crippen LogP contribution is -2.19. The fraction of sp³-hybridized carbons (Fsp3) is 0.115. The lowest BCUT2D eigenvalue weighted by atomic mass is 10.0. The highest BCUT2D eigenvalue weighted by atomic mass is 16.2. The van der Waals surface area contributed by atoms with Crippen molar-refractivity contribution in [3.63, 3.8) is 0 Å². The van der Waals surface area contributed by atoms with E-state index in [-0.39, 0.29) is 11.8 Å². The first-order valence-corrected chi connectivity index (χ1v) is 10.3. The predicted molar refractivity (Wildman–Crippen MR) is 123 cm³/mol. The molecule has 152 valence electrons. The first kappa shape index (κ1) is 19.0. The number of carbonyl (C=O) groups excluding carboxylic acids is 2. The van der Waals surface area contributed by atoms with Crippen LogP contribution in [0.4, 0.5) is 11.4 Å². The van der Waals surface area contributed by atoms with Crippen molar-refractivity contribution in [3.8, 4) is 0 Å². The molecule has 2 amide bonds. The highest BCUT2D eigenvalue weighted by molar-refractivity contribution is 6.15. The number of hydrogen-bond donors (Lipinski definition) is 2. The zero-order valence-electron chi connectivity index (χ0n) is 17.1. The lowest BCUT2D eigenvalue weighted by Gasteiger charge is -2.15.